The van der Waals surface area contributed by atoms with Crippen molar-refractivity contribution in [1.29, 1.82) is 0 Å². The van der Waals surface area contributed by atoms with E-state index in [9.17, 15) is 0 Å². The molecule has 1 aliphatic heterocycles. The Hall–Kier alpha value is -1.76. The third kappa shape index (κ3) is 2.51. The third-order valence-corrected chi connectivity index (χ3v) is 3.55. The van der Waals surface area contributed by atoms with Crippen molar-refractivity contribution < 1.29 is 0 Å². The van der Waals surface area contributed by atoms with E-state index in [0.29, 0.717) is 17.7 Å². The van der Waals surface area contributed by atoms with Crippen LogP contribution >= 0.6 is 0 Å². The van der Waals surface area contributed by atoms with Crippen LogP contribution in [0.4, 0.5) is 5.82 Å². The van der Waals surface area contributed by atoms with Gasteiger partial charge in [-0.2, -0.15) is 0 Å². The van der Waals surface area contributed by atoms with Crippen LogP contribution in [0.1, 0.15) is 26.7 Å². The highest BCUT2D eigenvalue weighted by atomic mass is 15.6. The van der Waals surface area contributed by atoms with E-state index in [-0.39, 0.29) is 0 Å². The minimum absolute atomic E-state index is 0.392. The molecule has 1 aliphatic rings. The smallest absolute Gasteiger partial charge is 0.200 e. The summed E-state index contributed by atoms with van der Waals surface area (Å²) in [5.41, 5.74) is 0.673. The molecule has 0 aliphatic carbocycles. The Morgan fingerprint density at radius 1 is 1.47 bits per heavy atom. The molecule has 0 radical (unpaired) electrons. The lowest BCUT2D eigenvalue weighted by molar-refractivity contribution is 0.544. The molecule has 0 aromatic carbocycles. The van der Waals surface area contributed by atoms with Crippen LogP contribution in [-0.2, 0) is 0 Å². The fraction of sp³-hybridized carbons (Fsp3) is 0.667. The summed E-state index contributed by atoms with van der Waals surface area (Å²) >= 11 is 0. The molecular formula is C12H19N7. The maximum Gasteiger partial charge on any atom is 0.200 e. The second-order valence-corrected chi connectivity index (χ2v) is 5.26. The molecule has 0 amide bonds. The molecule has 7 nitrogen and oxygen atoms in total. The van der Waals surface area contributed by atoms with E-state index in [1.54, 1.807) is 0 Å². The first-order valence-corrected chi connectivity index (χ1v) is 6.79. The number of tetrazole rings is 1. The molecule has 1 saturated heterocycles. The van der Waals surface area contributed by atoms with Crippen molar-refractivity contribution in [1.82, 2.24) is 30.6 Å². The summed E-state index contributed by atoms with van der Waals surface area (Å²) < 4.78 is 1.48. The van der Waals surface area contributed by atoms with Crippen LogP contribution in [0.25, 0.3) is 5.65 Å². The Morgan fingerprint density at radius 2 is 2.37 bits per heavy atom. The first-order chi connectivity index (χ1) is 9.24. The summed E-state index contributed by atoms with van der Waals surface area (Å²) in [7, 11) is 0. The highest BCUT2D eigenvalue weighted by Gasteiger charge is 2.21. The van der Waals surface area contributed by atoms with E-state index in [1.807, 2.05) is 12.1 Å². The normalized spacial score (nSPS) is 19.4. The Labute approximate surface area is 112 Å². The fourth-order valence-corrected chi connectivity index (χ4v) is 2.51. The zero-order valence-electron chi connectivity index (χ0n) is 11.3. The van der Waals surface area contributed by atoms with Crippen LogP contribution in [0.3, 0.4) is 0 Å². The first kappa shape index (κ1) is 12.3. The van der Waals surface area contributed by atoms with Gasteiger partial charge in [-0.3, -0.25) is 0 Å². The number of aromatic nitrogens is 5. The second-order valence-electron chi connectivity index (χ2n) is 5.26. The van der Waals surface area contributed by atoms with Crippen molar-refractivity contribution in [2.75, 3.05) is 18.0 Å². The molecule has 3 rings (SSSR count). The predicted molar refractivity (Wildman–Crippen MR) is 72.1 cm³/mol. The molecule has 1 unspecified atom stereocenters. The minimum Gasteiger partial charge on any atom is -0.351 e. The molecule has 1 atom stereocenters. The van der Waals surface area contributed by atoms with Crippen LogP contribution in [-0.4, -0.2) is 50.4 Å². The van der Waals surface area contributed by atoms with E-state index in [2.05, 4.69) is 44.7 Å². The fourth-order valence-electron chi connectivity index (χ4n) is 2.51. The monoisotopic (exact) mass is 261 g/mol. The Balaban J connectivity index is 1.85. The SMILES string of the molecule is CC(C)N(CC1CCCN1)c1ccc2nnnn2n1. The van der Waals surface area contributed by atoms with E-state index < -0.39 is 0 Å². The van der Waals surface area contributed by atoms with Gasteiger partial charge in [-0.05, 0) is 55.8 Å². The number of nitrogens with one attached hydrogen (secondary N) is 1. The average Bonchev–Trinajstić information content (AvgIpc) is 3.05. The zero-order chi connectivity index (χ0) is 13.2. The second kappa shape index (κ2) is 5.08. The predicted octanol–water partition coefficient (Wildman–Crippen LogP) is 0.486. The van der Waals surface area contributed by atoms with Gasteiger partial charge in [-0.15, -0.1) is 14.8 Å². The van der Waals surface area contributed by atoms with Gasteiger partial charge in [0, 0.05) is 18.6 Å². The van der Waals surface area contributed by atoms with Crippen LogP contribution in [0, 0.1) is 0 Å². The van der Waals surface area contributed by atoms with Gasteiger partial charge in [0.2, 0.25) is 0 Å². The van der Waals surface area contributed by atoms with Gasteiger partial charge in [0.25, 0.3) is 0 Å². The lowest BCUT2D eigenvalue weighted by Gasteiger charge is -2.30. The maximum atomic E-state index is 4.48. The van der Waals surface area contributed by atoms with Gasteiger partial charge in [0.15, 0.2) is 11.5 Å². The molecule has 2 aromatic heterocycles. The molecule has 1 N–H and O–H groups in total. The third-order valence-electron chi connectivity index (χ3n) is 3.55. The molecule has 7 heteroatoms. The number of fused-ring (bicyclic) bond motifs is 1. The molecule has 0 bridgehead atoms. The largest absolute Gasteiger partial charge is 0.351 e. The summed E-state index contributed by atoms with van der Waals surface area (Å²) in [6.45, 7) is 6.45. The molecule has 0 saturated carbocycles. The minimum atomic E-state index is 0.392. The lowest BCUT2D eigenvalue weighted by atomic mass is 10.2. The number of hydrogen-bond acceptors (Lipinski definition) is 6. The van der Waals surface area contributed by atoms with Gasteiger partial charge in [0.05, 0.1) is 0 Å². The Morgan fingerprint density at radius 3 is 3.11 bits per heavy atom. The number of anilines is 1. The molecule has 19 heavy (non-hydrogen) atoms. The Bertz CT molecular complexity index is 544. The summed E-state index contributed by atoms with van der Waals surface area (Å²) in [4.78, 5) is 2.30. The van der Waals surface area contributed by atoms with Crippen LogP contribution in [0.2, 0.25) is 0 Å². The average molecular weight is 261 g/mol. The van der Waals surface area contributed by atoms with Crippen molar-refractivity contribution in [2.24, 2.45) is 0 Å². The molecule has 2 aromatic rings. The quantitative estimate of drug-likeness (QED) is 0.863. The van der Waals surface area contributed by atoms with Crippen molar-refractivity contribution in [2.45, 2.75) is 38.8 Å². The molecule has 1 fully saturated rings. The summed E-state index contributed by atoms with van der Waals surface area (Å²) in [5.74, 6) is 0.920. The van der Waals surface area contributed by atoms with Gasteiger partial charge < -0.3 is 10.2 Å². The highest BCUT2D eigenvalue weighted by Crippen LogP contribution is 2.17. The van der Waals surface area contributed by atoms with Gasteiger partial charge in [-0.1, -0.05) is 0 Å². The van der Waals surface area contributed by atoms with Crippen molar-refractivity contribution in [3.8, 4) is 0 Å². The Kier molecular flexibility index (Phi) is 3.29. The number of nitrogens with zero attached hydrogens (tertiary/aromatic N) is 6. The van der Waals surface area contributed by atoms with Crippen molar-refractivity contribution >= 4 is 11.5 Å². The van der Waals surface area contributed by atoms with E-state index in [4.69, 9.17) is 0 Å². The van der Waals surface area contributed by atoms with Crippen LogP contribution < -0.4 is 10.2 Å². The van der Waals surface area contributed by atoms with Crippen molar-refractivity contribution in [3.63, 3.8) is 0 Å². The molecule has 102 valence electrons. The van der Waals surface area contributed by atoms with E-state index in [1.165, 1.54) is 17.5 Å². The summed E-state index contributed by atoms with van der Waals surface area (Å²) in [5, 5.41) is 19.4. The first-order valence-electron chi connectivity index (χ1n) is 6.79. The molecular weight excluding hydrogens is 242 g/mol. The van der Waals surface area contributed by atoms with Crippen molar-refractivity contribution in [3.05, 3.63) is 12.1 Å². The summed E-state index contributed by atoms with van der Waals surface area (Å²) in [6.07, 6.45) is 2.49. The van der Waals surface area contributed by atoms with Gasteiger partial charge in [0.1, 0.15) is 0 Å². The number of hydrogen-bond donors (Lipinski definition) is 1. The zero-order valence-corrected chi connectivity index (χ0v) is 11.3. The molecule has 3 heterocycles. The van der Waals surface area contributed by atoms with Gasteiger partial charge in [-0.25, -0.2) is 0 Å². The van der Waals surface area contributed by atoms with E-state index in [0.717, 1.165) is 18.9 Å². The van der Waals surface area contributed by atoms with Gasteiger partial charge >= 0.3 is 0 Å². The lowest BCUT2D eigenvalue weighted by Crippen LogP contribution is -2.42. The number of rotatable bonds is 4. The van der Waals surface area contributed by atoms with Crippen LogP contribution in [0.15, 0.2) is 12.1 Å². The van der Waals surface area contributed by atoms with E-state index >= 15 is 0 Å². The highest BCUT2D eigenvalue weighted by molar-refractivity contribution is 5.45. The summed E-state index contributed by atoms with van der Waals surface area (Å²) in [6, 6.07) is 4.83. The van der Waals surface area contributed by atoms with Crippen LogP contribution in [0.5, 0.6) is 0 Å². The standard InChI is InChI=1S/C12H19N7/c1-9(2)18(8-10-4-3-7-13-10)12-6-5-11-14-16-17-19(11)15-12/h5-6,9-10,13H,3-4,7-8H2,1-2H3. The maximum absolute atomic E-state index is 4.48. The molecule has 0 spiro atoms. The topological polar surface area (TPSA) is 71.2 Å².